The number of carbonyl (C=O) groups is 1. The molecule has 7 nitrogen and oxygen atoms in total. The summed E-state index contributed by atoms with van der Waals surface area (Å²) < 4.78 is 78.2. The molecule has 0 fully saturated rings. The van der Waals surface area contributed by atoms with Crippen molar-refractivity contribution in [3.8, 4) is 5.75 Å². The van der Waals surface area contributed by atoms with Gasteiger partial charge < -0.3 is 14.3 Å². The molecule has 3 rings (SSSR count). The Labute approximate surface area is 188 Å². The molecule has 3 aromatic rings. The van der Waals surface area contributed by atoms with Gasteiger partial charge in [0.05, 0.1) is 16.1 Å². The largest absolute Gasteiger partial charge is 0.483 e. The van der Waals surface area contributed by atoms with Gasteiger partial charge in [-0.15, -0.1) is 0 Å². The zero-order valence-corrected chi connectivity index (χ0v) is 18.4. The predicted octanol–water partition coefficient (Wildman–Crippen LogP) is 5.18. The Morgan fingerprint density at radius 2 is 1.76 bits per heavy atom. The third-order valence-corrected chi connectivity index (χ3v) is 6.54. The van der Waals surface area contributed by atoms with E-state index in [2.05, 4.69) is 0 Å². The Balaban J connectivity index is 2.07. The number of alkyl halides is 3. The van der Waals surface area contributed by atoms with Crippen molar-refractivity contribution in [1.29, 1.82) is 0 Å². The number of furan rings is 1. The van der Waals surface area contributed by atoms with Gasteiger partial charge in [-0.3, -0.25) is 4.31 Å². The second kappa shape index (κ2) is 9.18. The van der Waals surface area contributed by atoms with Crippen molar-refractivity contribution in [2.75, 3.05) is 4.31 Å². The van der Waals surface area contributed by atoms with Crippen molar-refractivity contribution in [2.24, 2.45) is 0 Å². The standard InChI is InChI=1S/C22H20F3NO6S/c1-14(2)26(33(29,30)17-6-4-3-5-7-17)18-10-8-15(22(23,24)25)12-20(18)31-13-16-9-11-19(32-16)21(27)28/h3-12,14H,13H2,1-2H3,(H,27,28). The van der Waals surface area contributed by atoms with E-state index in [-0.39, 0.29) is 27.9 Å². The maximum Gasteiger partial charge on any atom is 0.416 e. The molecule has 0 aliphatic carbocycles. The van der Waals surface area contributed by atoms with E-state index in [0.29, 0.717) is 6.07 Å². The Bertz CT molecular complexity index is 1240. The summed E-state index contributed by atoms with van der Waals surface area (Å²) in [6.45, 7) is 2.74. The van der Waals surface area contributed by atoms with Crippen LogP contribution in [0.5, 0.6) is 5.75 Å². The molecular formula is C22H20F3NO6S. The first-order valence-corrected chi connectivity index (χ1v) is 11.1. The summed E-state index contributed by atoms with van der Waals surface area (Å²) >= 11 is 0. The first-order valence-electron chi connectivity index (χ1n) is 9.67. The van der Waals surface area contributed by atoms with E-state index in [1.807, 2.05) is 0 Å². The summed E-state index contributed by atoms with van der Waals surface area (Å²) in [6.07, 6.45) is -4.70. The van der Waals surface area contributed by atoms with Crippen LogP contribution in [0.2, 0.25) is 0 Å². The minimum absolute atomic E-state index is 0.0396. The monoisotopic (exact) mass is 483 g/mol. The molecule has 176 valence electrons. The minimum Gasteiger partial charge on any atom is -0.483 e. The highest BCUT2D eigenvalue weighted by atomic mass is 32.2. The van der Waals surface area contributed by atoms with Crippen molar-refractivity contribution in [3.05, 3.63) is 77.7 Å². The number of ether oxygens (including phenoxy) is 1. The molecule has 11 heteroatoms. The van der Waals surface area contributed by atoms with Crippen LogP contribution in [0.15, 0.2) is 70.0 Å². The first-order chi connectivity index (χ1) is 15.4. The summed E-state index contributed by atoms with van der Waals surface area (Å²) in [6, 6.07) is 11.8. The number of sulfonamides is 1. The molecule has 0 saturated carbocycles. The molecule has 1 heterocycles. The lowest BCUT2D eigenvalue weighted by molar-refractivity contribution is -0.137. The van der Waals surface area contributed by atoms with Crippen LogP contribution < -0.4 is 9.04 Å². The number of hydrogen-bond acceptors (Lipinski definition) is 5. The zero-order valence-electron chi connectivity index (χ0n) is 17.5. The second-order valence-electron chi connectivity index (χ2n) is 7.25. The third kappa shape index (κ3) is 5.30. The van der Waals surface area contributed by atoms with Crippen LogP contribution in [-0.2, 0) is 22.8 Å². The quantitative estimate of drug-likeness (QED) is 0.474. The molecule has 0 bridgehead atoms. The van der Waals surface area contributed by atoms with Crippen LogP contribution in [0.25, 0.3) is 0 Å². The van der Waals surface area contributed by atoms with Gasteiger partial charge in [-0.2, -0.15) is 13.2 Å². The Morgan fingerprint density at radius 1 is 1.09 bits per heavy atom. The van der Waals surface area contributed by atoms with Gasteiger partial charge in [0, 0.05) is 6.04 Å². The molecule has 1 aromatic heterocycles. The lowest BCUT2D eigenvalue weighted by atomic mass is 10.1. The average Bonchev–Trinajstić information content (AvgIpc) is 3.22. The van der Waals surface area contributed by atoms with Crippen molar-refractivity contribution in [3.63, 3.8) is 0 Å². The Morgan fingerprint density at radius 3 is 2.30 bits per heavy atom. The highest BCUT2D eigenvalue weighted by molar-refractivity contribution is 7.92. The van der Waals surface area contributed by atoms with Crippen LogP contribution in [0, 0.1) is 0 Å². The van der Waals surface area contributed by atoms with Crippen LogP contribution in [0.3, 0.4) is 0 Å². The predicted molar refractivity (Wildman–Crippen MR) is 113 cm³/mol. The molecule has 1 N–H and O–H groups in total. The summed E-state index contributed by atoms with van der Waals surface area (Å²) in [7, 11) is -4.14. The third-order valence-electron chi connectivity index (χ3n) is 4.54. The van der Waals surface area contributed by atoms with E-state index in [1.165, 1.54) is 36.4 Å². The molecule has 0 spiro atoms. The molecule has 0 unspecified atom stereocenters. The Hall–Kier alpha value is -3.47. The van der Waals surface area contributed by atoms with Crippen molar-refractivity contribution in [2.45, 2.75) is 37.6 Å². The van der Waals surface area contributed by atoms with Gasteiger partial charge in [-0.25, -0.2) is 13.2 Å². The van der Waals surface area contributed by atoms with Crippen molar-refractivity contribution >= 4 is 21.7 Å². The van der Waals surface area contributed by atoms with E-state index in [0.717, 1.165) is 16.4 Å². The van der Waals surface area contributed by atoms with Gasteiger partial charge in [0.1, 0.15) is 18.1 Å². The number of carboxylic acid groups (broad SMARTS) is 1. The van der Waals surface area contributed by atoms with Crippen LogP contribution in [0.1, 0.15) is 35.7 Å². The molecule has 0 atom stereocenters. The second-order valence-corrected chi connectivity index (χ2v) is 9.06. The maximum atomic E-state index is 13.3. The van der Waals surface area contributed by atoms with Crippen molar-refractivity contribution < 1.29 is 40.6 Å². The number of rotatable bonds is 8. The number of benzene rings is 2. The van der Waals surface area contributed by atoms with Gasteiger partial charge in [0.15, 0.2) is 0 Å². The van der Waals surface area contributed by atoms with Gasteiger partial charge >= 0.3 is 12.1 Å². The molecule has 0 amide bonds. The van der Waals surface area contributed by atoms with Crippen LogP contribution in [0.4, 0.5) is 18.9 Å². The average molecular weight is 483 g/mol. The highest BCUT2D eigenvalue weighted by Gasteiger charge is 2.34. The minimum atomic E-state index is -4.70. The smallest absolute Gasteiger partial charge is 0.416 e. The zero-order chi connectivity index (χ0) is 24.4. The fraction of sp³-hybridized carbons (Fsp3) is 0.227. The number of nitrogens with zero attached hydrogens (tertiary/aromatic N) is 1. The fourth-order valence-corrected chi connectivity index (χ4v) is 4.79. The number of hydrogen-bond donors (Lipinski definition) is 1. The fourth-order valence-electron chi connectivity index (χ4n) is 3.10. The SMILES string of the molecule is CC(C)N(c1ccc(C(F)(F)F)cc1OCc1ccc(C(=O)O)o1)S(=O)(=O)c1ccccc1. The lowest BCUT2D eigenvalue weighted by Gasteiger charge is -2.30. The lowest BCUT2D eigenvalue weighted by Crippen LogP contribution is -2.37. The summed E-state index contributed by atoms with van der Waals surface area (Å²) in [5.41, 5.74) is -1.14. The first kappa shape index (κ1) is 24.2. The van der Waals surface area contributed by atoms with Crippen molar-refractivity contribution in [1.82, 2.24) is 0 Å². The molecular weight excluding hydrogens is 463 g/mol. The summed E-state index contributed by atoms with van der Waals surface area (Å²) in [5.74, 6) is -2.00. The van der Waals surface area contributed by atoms with Gasteiger partial charge in [0.2, 0.25) is 5.76 Å². The number of halogens is 3. The normalized spacial score (nSPS) is 12.1. The van der Waals surface area contributed by atoms with Crippen LogP contribution in [-0.4, -0.2) is 25.5 Å². The van der Waals surface area contributed by atoms with E-state index in [4.69, 9.17) is 14.3 Å². The maximum absolute atomic E-state index is 13.3. The summed E-state index contributed by atoms with van der Waals surface area (Å²) in [4.78, 5) is 10.9. The van der Waals surface area contributed by atoms with Crippen LogP contribution >= 0.6 is 0 Å². The highest BCUT2D eigenvalue weighted by Crippen LogP contribution is 2.39. The number of anilines is 1. The van der Waals surface area contributed by atoms with Gasteiger partial charge in [-0.1, -0.05) is 18.2 Å². The van der Waals surface area contributed by atoms with Gasteiger partial charge in [-0.05, 0) is 56.3 Å². The molecule has 33 heavy (non-hydrogen) atoms. The number of aromatic carboxylic acids is 1. The van der Waals surface area contributed by atoms with Gasteiger partial charge in [0.25, 0.3) is 10.0 Å². The van der Waals surface area contributed by atoms with E-state index in [1.54, 1.807) is 19.9 Å². The number of carboxylic acids is 1. The molecule has 0 radical (unpaired) electrons. The molecule has 0 saturated heterocycles. The topological polar surface area (TPSA) is 97.0 Å². The molecule has 0 aliphatic heterocycles. The van der Waals surface area contributed by atoms with E-state index < -0.39 is 40.4 Å². The van der Waals surface area contributed by atoms with E-state index in [9.17, 15) is 26.4 Å². The Kier molecular flexibility index (Phi) is 6.73. The van der Waals surface area contributed by atoms with E-state index >= 15 is 0 Å². The summed E-state index contributed by atoms with van der Waals surface area (Å²) in [5, 5.41) is 8.95. The molecule has 0 aliphatic rings. The molecule has 2 aromatic carbocycles.